The molecule has 164 valence electrons. The summed E-state index contributed by atoms with van der Waals surface area (Å²) in [6.45, 7) is 5.89. The van der Waals surface area contributed by atoms with Crippen LogP contribution in [0, 0.1) is 20.8 Å². The van der Waals surface area contributed by atoms with Gasteiger partial charge in [0.05, 0.1) is 15.5 Å². The number of anilines is 2. The van der Waals surface area contributed by atoms with E-state index in [4.69, 9.17) is 0 Å². The first-order valence-corrected chi connectivity index (χ1v) is 12.4. The smallest absolute Gasteiger partial charge is 0.265 e. The van der Waals surface area contributed by atoms with Crippen LogP contribution >= 0.6 is 11.3 Å². The number of thiophene rings is 1. The number of nitrogens with one attached hydrogen (secondary N) is 1. The van der Waals surface area contributed by atoms with Gasteiger partial charge in [-0.3, -0.25) is 9.10 Å². The second kappa shape index (κ2) is 8.41. The van der Waals surface area contributed by atoms with E-state index in [1.165, 1.54) is 22.7 Å². The van der Waals surface area contributed by atoms with Crippen molar-refractivity contribution in [3.05, 3.63) is 88.3 Å². The Morgan fingerprint density at radius 3 is 2.25 bits per heavy atom. The van der Waals surface area contributed by atoms with Crippen LogP contribution in [0.1, 0.15) is 26.4 Å². The molecule has 1 heterocycles. The highest BCUT2D eigenvalue weighted by molar-refractivity contribution is 7.92. The first-order valence-electron chi connectivity index (χ1n) is 10.1. The van der Waals surface area contributed by atoms with E-state index in [9.17, 15) is 13.2 Å². The van der Waals surface area contributed by atoms with E-state index in [1.54, 1.807) is 42.5 Å². The normalized spacial score (nSPS) is 11.5. The lowest BCUT2D eigenvalue weighted by molar-refractivity contribution is 0.103. The van der Waals surface area contributed by atoms with Crippen LogP contribution in [0.3, 0.4) is 0 Å². The summed E-state index contributed by atoms with van der Waals surface area (Å²) in [6.07, 6.45) is 0. The van der Waals surface area contributed by atoms with E-state index in [0.29, 0.717) is 10.6 Å². The van der Waals surface area contributed by atoms with Gasteiger partial charge in [0, 0.05) is 17.4 Å². The molecule has 5 nitrogen and oxygen atoms in total. The fourth-order valence-corrected chi connectivity index (χ4v) is 5.61. The predicted octanol–water partition coefficient (Wildman–Crippen LogP) is 5.90. The molecule has 0 unspecified atom stereocenters. The van der Waals surface area contributed by atoms with Gasteiger partial charge >= 0.3 is 0 Å². The Balaban J connectivity index is 1.61. The van der Waals surface area contributed by atoms with Gasteiger partial charge in [-0.05, 0) is 74.2 Å². The van der Waals surface area contributed by atoms with Crippen LogP contribution in [0.5, 0.6) is 0 Å². The fourth-order valence-electron chi connectivity index (χ4n) is 3.48. The van der Waals surface area contributed by atoms with Crippen LogP contribution in [-0.2, 0) is 10.0 Å². The summed E-state index contributed by atoms with van der Waals surface area (Å²) >= 11 is 1.38. The van der Waals surface area contributed by atoms with Crippen molar-refractivity contribution in [3.63, 3.8) is 0 Å². The van der Waals surface area contributed by atoms with Crippen molar-refractivity contribution in [3.8, 4) is 0 Å². The highest BCUT2D eigenvalue weighted by atomic mass is 32.2. The molecule has 0 aliphatic rings. The quantitative estimate of drug-likeness (QED) is 0.400. The summed E-state index contributed by atoms with van der Waals surface area (Å²) in [6, 6.07) is 19.9. The van der Waals surface area contributed by atoms with Gasteiger partial charge in [0.15, 0.2) is 0 Å². The molecule has 1 N–H and O–H groups in total. The van der Waals surface area contributed by atoms with E-state index in [1.807, 2.05) is 45.0 Å². The molecule has 0 saturated heterocycles. The molecule has 0 fully saturated rings. The zero-order valence-electron chi connectivity index (χ0n) is 18.3. The topological polar surface area (TPSA) is 66.5 Å². The lowest BCUT2D eigenvalue weighted by Gasteiger charge is -2.19. The van der Waals surface area contributed by atoms with E-state index < -0.39 is 10.0 Å². The zero-order chi connectivity index (χ0) is 23.0. The largest absolute Gasteiger partial charge is 0.321 e. The molecule has 4 rings (SSSR count). The number of aryl methyl sites for hydroxylation is 3. The molecule has 0 atom stereocenters. The Morgan fingerprint density at radius 1 is 0.875 bits per heavy atom. The summed E-state index contributed by atoms with van der Waals surface area (Å²) in [4.78, 5) is 13.6. The first kappa shape index (κ1) is 22.0. The number of carbonyl (C=O) groups is 1. The van der Waals surface area contributed by atoms with Gasteiger partial charge in [-0.2, -0.15) is 0 Å². The lowest BCUT2D eigenvalue weighted by atomic mass is 10.1. The first-order chi connectivity index (χ1) is 15.1. The molecular formula is C25H24N2O3S2. The molecule has 0 saturated carbocycles. The summed E-state index contributed by atoms with van der Waals surface area (Å²) in [5, 5.41) is 3.79. The maximum absolute atomic E-state index is 13.0. The molecule has 0 aliphatic heterocycles. The van der Waals surface area contributed by atoms with E-state index in [2.05, 4.69) is 5.32 Å². The second-order valence-corrected chi connectivity index (χ2v) is 10.9. The van der Waals surface area contributed by atoms with Gasteiger partial charge < -0.3 is 5.32 Å². The van der Waals surface area contributed by atoms with Crippen molar-refractivity contribution in [2.24, 2.45) is 0 Å². The Bertz CT molecular complexity index is 1420. The molecule has 0 spiro atoms. The van der Waals surface area contributed by atoms with Crippen LogP contribution in [0.25, 0.3) is 10.1 Å². The number of carbonyl (C=O) groups excluding carboxylic acids is 1. The molecule has 3 aromatic carbocycles. The molecule has 32 heavy (non-hydrogen) atoms. The molecule has 7 heteroatoms. The third-order valence-electron chi connectivity index (χ3n) is 5.40. The molecular weight excluding hydrogens is 440 g/mol. The van der Waals surface area contributed by atoms with Gasteiger partial charge in [-0.15, -0.1) is 11.3 Å². The predicted molar refractivity (Wildman–Crippen MR) is 132 cm³/mol. The van der Waals surface area contributed by atoms with Gasteiger partial charge in [0.2, 0.25) is 0 Å². The van der Waals surface area contributed by atoms with Crippen LogP contribution in [0.15, 0.2) is 71.6 Å². The Morgan fingerprint density at radius 2 is 1.56 bits per heavy atom. The lowest BCUT2D eigenvalue weighted by Crippen LogP contribution is -2.26. The van der Waals surface area contributed by atoms with Crippen LogP contribution in [-0.4, -0.2) is 21.4 Å². The molecule has 1 amide bonds. The van der Waals surface area contributed by atoms with E-state index in [0.717, 1.165) is 32.5 Å². The third kappa shape index (κ3) is 4.26. The number of sulfonamides is 1. The average molecular weight is 465 g/mol. The van der Waals surface area contributed by atoms with Gasteiger partial charge in [0.1, 0.15) is 0 Å². The molecule has 0 aliphatic carbocycles. The zero-order valence-corrected chi connectivity index (χ0v) is 20.0. The maximum Gasteiger partial charge on any atom is 0.265 e. The number of nitrogens with zero attached hydrogens (tertiary/aromatic N) is 1. The number of hydrogen-bond donors (Lipinski definition) is 1. The second-order valence-electron chi connectivity index (χ2n) is 7.89. The maximum atomic E-state index is 13.0. The standard InChI is InChI=1S/C25H24N2O3S2/c1-16-5-9-21(10-6-16)32(29,30)27(4)20-8-12-23-19(14-20)15-24(31-23)25(28)26-22-11-7-17(2)13-18(22)3/h5-15H,1-4H3,(H,26,28). The van der Waals surface area contributed by atoms with Crippen molar-refractivity contribution >= 4 is 48.7 Å². The summed E-state index contributed by atoms with van der Waals surface area (Å²) < 4.78 is 28.2. The number of amides is 1. The highest BCUT2D eigenvalue weighted by Gasteiger charge is 2.22. The Kier molecular flexibility index (Phi) is 5.79. The Labute approximate surface area is 192 Å². The minimum Gasteiger partial charge on any atom is -0.321 e. The molecule has 0 bridgehead atoms. The number of benzene rings is 3. The summed E-state index contributed by atoms with van der Waals surface area (Å²) in [5.74, 6) is -0.180. The fraction of sp³-hybridized carbons (Fsp3) is 0.160. The van der Waals surface area contributed by atoms with Gasteiger partial charge in [-0.25, -0.2) is 8.42 Å². The van der Waals surface area contributed by atoms with Gasteiger partial charge in [-0.1, -0.05) is 35.4 Å². The van der Waals surface area contributed by atoms with Crippen LogP contribution in [0.2, 0.25) is 0 Å². The van der Waals surface area contributed by atoms with Crippen molar-refractivity contribution in [2.45, 2.75) is 25.7 Å². The van der Waals surface area contributed by atoms with E-state index >= 15 is 0 Å². The van der Waals surface area contributed by atoms with Crippen molar-refractivity contribution in [1.29, 1.82) is 0 Å². The highest BCUT2D eigenvalue weighted by Crippen LogP contribution is 2.32. The summed E-state index contributed by atoms with van der Waals surface area (Å²) in [7, 11) is -2.14. The third-order valence-corrected chi connectivity index (χ3v) is 8.31. The van der Waals surface area contributed by atoms with Crippen LogP contribution < -0.4 is 9.62 Å². The Hall–Kier alpha value is -3.16. The number of rotatable bonds is 5. The van der Waals surface area contributed by atoms with E-state index in [-0.39, 0.29) is 10.8 Å². The minimum absolute atomic E-state index is 0.180. The molecule has 0 radical (unpaired) electrons. The van der Waals surface area contributed by atoms with Crippen molar-refractivity contribution < 1.29 is 13.2 Å². The summed E-state index contributed by atoms with van der Waals surface area (Å²) in [5.41, 5.74) is 4.46. The average Bonchev–Trinajstić information content (AvgIpc) is 3.19. The number of fused-ring (bicyclic) bond motifs is 1. The molecule has 1 aromatic heterocycles. The minimum atomic E-state index is -3.68. The van der Waals surface area contributed by atoms with Crippen molar-refractivity contribution in [1.82, 2.24) is 0 Å². The molecule has 4 aromatic rings. The van der Waals surface area contributed by atoms with Crippen LogP contribution in [0.4, 0.5) is 11.4 Å². The SMILES string of the molecule is Cc1ccc(S(=O)(=O)N(C)c2ccc3sc(C(=O)Nc4ccc(C)cc4C)cc3c2)cc1. The van der Waals surface area contributed by atoms with Crippen molar-refractivity contribution in [2.75, 3.05) is 16.7 Å². The van der Waals surface area contributed by atoms with Gasteiger partial charge in [0.25, 0.3) is 15.9 Å². The number of hydrogen-bond acceptors (Lipinski definition) is 4. The monoisotopic (exact) mass is 464 g/mol.